The lowest BCUT2D eigenvalue weighted by molar-refractivity contribution is -0.249. The lowest BCUT2D eigenvalue weighted by Crippen LogP contribution is -2.56. The maximum absolute atomic E-state index is 14.3. The monoisotopic (exact) mass is 660 g/mol. The highest BCUT2D eigenvalue weighted by molar-refractivity contribution is 7.10. The average molecular weight is 661 g/mol. The first-order valence-electron chi connectivity index (χ1n) is 14.7. The fourth-order valence-electron chi connectivity index (χ4n) is 6.94. The van der Waals surface area contributed by atoms with Crippen molar-refractivity contribution >= 4 is 66.8 Å². The molecular weight excluding hydrogens is 632 g/mol. The van der Waals surface area contributed by atoms with Gasteiger partial charge in [0.2, 0.25) is 0 Å². The molecule has 5 heterocycles. The van der Waals surface area contributed by atoms with Crippen LogP contribution in [0.1, 0.15) is 37.4 Å². The van der Waals surface area contributed by atoms with Gasteiger partial charge in [0.05, 0.1) is 46.4 Å². The largest absolute Gasteiger partial charge is 0.508 e. The van der Waals surface area contributed by atoms with Gasteiger partial charge in [-0.3, -0.25) is 9.59 Å². The predicted molar refractivity (Wildman–Crippen MR) is 169 cm³/mol. The number of aromatic nitrogens is 2. The minimum atomic E-state index is -1.73. The normalized spacial score (nSPS) is 23.3. The number of aromatic hydroxyl groups is 2. The van der Waals surface area contributed by atoms with E-state index < -0.39 is 49.1 Å². The summed E-state index contributed by atoms with van der Waals surface area (Å²) in [5.41, 5.74) is 5.03. The van der Waals surface area contributed by atoms with Crippen LogP contribution < -0.4 is 5.43 Å². The van der Waals surface area contributed by atoms with Crippen molar-refractivity contribution in [1.29, 1.82) is 0 Å². The molecule has 6 aromatic rings. The zero-order valence-corrected chi connectivity index (χ0v) is 25.1. The van der Waals surface area contributed by atoms with Gasteiger partial charge in [0.15, 0.2) is 6.23 Å². The van der Waals surface area contributed by atoms with Crippen LogP contribution in [0.3, 0.4) is 0 Å². The van der Waals surface area contributed by atoms with E-state index in [1.807, 2.05) is 0 Å². The number of phenolic OH excluding ortho intramolecular Hbond substituents is 2. The number of carbonyl (C=O) groups excluding carboxylic acids is 2. The van der Waals surface area contributed by atoms with E-state index in [0.717, 1.165) is 5.01 Å². The first-order chi connectivity index (χ1) is 22.6. The molecule has 9 N–H and O–H groups in total. The maximum atomic E-state index is 14.3. The Morgan fingerprint density at radius 3 is 2.30 bits per heavy atom. The average Bonchev–Trinajstić information content (AvgIpc) is 3.80. The van der Waals surface area contributed by atoms with Gasteiger partial charge in [0, 0.05) is 45.1 Å². The van der Waals surface area contributed by atoms with Crippen LogP contribution >= 0.6 is 11.3 Å². The van der Waals surface area contributed by atoms with E-state index in [1.54, 1.807) is 23.6 Å². The van der Waals surface area contributed by atoms with Crippen LogP contribution in [-0.4, -0.2) is 93.1 Å². The first-order valence-corrected chi connectivity index (χ1v) is 15.6. The van der Waals surface area contributed by atoms with Gasteiger partial charge < -0.3 is 50.0 Å². The second-order valence-electron chi connectivity index (χ2n) is 11.7. The highest BCUT2D eigenvalue weighted by Crippen LogP contribution is 2.48. The van der Waals surface area contributed by atoms with Crippen LogP contribution in [0.2, 0.25) is 0 Å². The van der Waals surface area contributed by atoms with Crippen molar-refractivity contribution in [3.8, 4) is 11.5 Å². The third kappa shape index (κ3) is 4.16. The number of fused-ring (bicyclic) bond motifs is 10. The summed E-state index contributed by atoms with van der Waals surface area (Å²) in [6, 6.07) is 10.6. The number of hydrogen-bond acceptors (Lipinski definition) is 12. The van der Waals surface area contributed by atoms with Gasteiger partial charge in [0.25, 0.3) is 11.8 Å². The zero-order chi connectivity index (χ0) is 32.9. The van der Waals surface area contributed by atoms with Crippen LogP contribution in [0.4, 0.5) is 0 Å². The van der Waals surface area contributed by atoms with Crippen LogP contribution in [0.25, 0.3) is 43.6 Å². The zero-order valence-electron chi connectivity index (χ0n) is 24.3. The third-order valence-electron chi connectivity index (χ3n) is 9.12. The van der Waals surface area contributed by atoms with Crippen molar-refractivity contribution < 1.29 is 50.1 Å². The van der Waals surface area contributed by atoms with Crippen molar-refractivity contribution in [2.75, 3.05) is 6.61 Å². The van der Waals surface area contributed by atoms with Gasteiger partial charge in [0.1, 0.15) is 35.9 Å². The highest BCUT2D eigenvalue weighted by atomic mass is 32.1. The molecule has 3 aromatic heterocycles. The Morgan fingerprint density at radius 2 is 1.57 bits per heavy atom. The maximum Gasteiger partial charge on any atom is 0.276 e. The molecule has 2 aliphatic rings. The summed E-state index contributed by atoms with van der Waals surface area (Å²) in [6.07, 6.45) is -7.81. The van der Waals surface area contributed by atoms with E-state index in [4.69, 9.17) is 4.74 Å². The van der Waals surface area contributed by atoms with E-state index >= 15 is 0 Å². The molecule has 0 radical (unpaired) electrons. The molecule has 3 aromatic carbocycles. The molecule has 0 bridgehead atoms. The molecular formula is C32H28N4O10S. The van der Waals surface area contributed by atoms with Crippen LogP contribution in [-0.2, 0) is 17.9 Å². The van der Waals surface area contributed by atoms with Crippen molar-refractivity contribution in [2.24, 2.45) is 0 Å². The molecule has 0 unspecified atom stereocenters. The quantitative estimate of drug-likeness (QED) is 0.117. The Balaban J connectivity index is 1.45. The number of phenols is 2. The van der Waals surface area contributed by atoms with Gasteiger partial charge in [-0.2, -0.15) is 0 Å². The molecule has 47 heavy (non-hydrogen) atoms. The number of aliphatic hydroxyl groups is 5. The number of aliphatic hydroxyl groups excluding tert-OH is 5. The number of carbonyl (C=O) groups is 2. The summed E-state index contributed by atoms with van der Waals surface area (Å²) in [7, 11) is 0. The van der Waals surface area contributed by atoms with Crippen molar-refractivity contribution in [3.05, 3.63) is 69.4 Å². The number of H-pyrrole nitrogens is 1. The fourth-order valence-corrected chi connectivity index (χ4v) is 7.71. The number of nitrogens with one attached hydrogen (secondary N) is 2. The third-order valence-corrected chi connectivity index (χ3v) is 10.1. The summed E-state index contributed by atoms with van der Waals surface area (Å²) < 4.78 is 7.46. The van der Waals surface area contributed by atoms with E-state index in [-0.39, 0.29) is 52.2 Å². The number of thiophene rings is 1. The Kier molecular flexibility index (Phi) is 6.80. The number of nitrogens with zero attached hydrogens (tertiary/aromatic N) is 2. The molecule has 2 amide bonds. The number of ether oxygens (including phenoxy) is 1. The standard InChI is InChI=1S/C32H28N4O10S/c37-10-19-27(41)28(42)29(43)32(46-19)35-18-8-14(40)2-4-16(18)22-24-23(21-15-3-1-13(39)7-17(15)34-25(21)26(22)35)30(44)36(31(24)45)33-9-12-5-6-47-20(12)11-38/h1-8,19,27-29,32-34,37-43H,9-11H2/t19-,27-,28+,29-,32-/m1/s1. The number of imide groups is 1. The second-order valence-corrected chi connectivity index (χ2v) is 12.7. The number of hydrazine groups is 1. The van der Waals surface area contributed by atoms with Gasteiger partial charge in [-0.05, 0) is 41.3 Å². The Bertz CT molecular complexity index is 2270. The molecule has 0 saturated carbocycles. The predicted octanol–water partition coefficient (Wildman–Crippen LogP) is 1.67. The van der Waals surface area contributed by atoms with Crippen molar-refractivity contribution in [3.63, 3.8) is 0 Å². The molecule has 15 heteroatoms. The number of benzene rings is 3. The molecule has 1 fully saturated rings. The van der Waals surface area contributed by atoms with Crippen molar-refractivity contribution in [1.82, 2.24) is 20.0 Å². The lowest BCUT2D eigenvalue weighted by Gasteiger charge is -2.41. The molecule has 8 rings (SSSR count). The second kappa shape index (κ2) is 10.7. The fraction of sp³-hybridized carbons (Fsp3) is 0.250. The molecule has 2 aliphatic heterocycles. The Labute approximate surface area is 267 Å². The number of hydrogen-bond donors (Lipinski definition) is 9. The first kappa shape index (κ1) is 29.8. The summed E-state index contributed by atoms with van der Waals surface area (Å²) in [4.78, 5) is 32.5. The molecule has 1 saturated heterocycles. The molecule has 0 spiro atoms. The summed E-state index contributed by atoms with van der Waals surface area (Å²) in [5.74, 6) is -1.54. The number of amides is 2. The lowest BCUT2D eigenvalue weighted by atomic mass is 9.96. The van der Waals surface area contributed by atoms with Crippen LogP contribution in [0, 0.1) is 0 Å². The van der Waals surface area contributed by atoms with Gasteiger partial charge in [-0.1, -0.05) is 0 Å². The minimum absolute atomic E-state index is 0.0331. The summed E-state index contributed by atoms with van der Waals surface area (Å²) in [6.45, 7) is -0.819. The van der Waals surface area contributed by atoms with Crippen molar-refractivity contribution in [2.45, 2.75) is 43.8 Å². The molecule has 5 atom stereocenters. The summed E-state index contributed by atoms with van der Waals surface area (Å²) >= 11 is 1.34. The highest BCUT2D eigenvalue weighted by Gasteiger charge is 2.47. The minimum Gasteiger partial charge on any atom is -0.508 e. The molecule has 242 valence electrons. The van der Waals surface area contributed by atoms with E-state index in [2.05, 4.69) is 10.4 Å². The van der Waals surface area contributed by atoms with E-state index in [0.29, 0.717) is 37.6 Å². The van der Waals surface area contributed by atoms with E-state index in [1.165, 1.54) is 40.2 Å². The number of rotatable bonds is 6. The van der Waals surface area contributed by atoms with Gasteiger partial charge >= 0.3 is 0 Å². The Hall–Kier alpha value is -4.58. The summed E-state index contributed by atoms with van der Waals surface area (Å²) in [5, 5.41) is 77.3. The Morgan fingerprint density at radius 1 is 0.872 bits per heavy atom. The smallest absolute Gasteiger partial charge is 0.276 e. The molecule has 0 aliphatic carbocycles. The number of aromatic amines is 1. The van der Waals surface area contributed by atoms with E-state index in [9.17, 15) is 45.3 Å². The van der Waals surface area contributed by atoms with Gasteiger partial charge in [-0.25, -0.2) is 10.4 Å². The SMILES string of the molecule is O=C1c2c(c3c4ccc(O)cc4n([C@@H]4O[C@H](CO)[C@@H](O)[C@H](O)[C@H]4O)c3c3[nH]c4cc(O)ccc4c23)C(=O)N1NCc1ccsc1CO. The van der Waals surface area contributed by atoms with Gasteiger partial charge in [-0.15, -0.1) is 11.3 Å². The van der Waals surface area contributed by atoms with Crippen LogP contribution in [0.5, 0.6) is 11.5 Å². The topological polar surface area (TPSA) is 221 Å². The van der Waals surface area contributed by atoms with Crippen LogP contribution in [0.15, 0.2) is 47.8 Å². The molecule has 14 nitrogen and oxygen atoms in total.